The van der Waals surface area contributed by atoms with Crippen LogP contribution in [0.15, 0.2) is 60.7 Å². The van der Waals surface area contributed by atoms with E-state index in [0.717, 1.165) is 13.8 Å². The predicted octanol–water partition coefficient (Wildman–Crippen LogP) is 0.208. The zero-order valence-corrected chi connectivity index (χ0v) is 34.6. The first kappa shape index (κ1) is 51.2. The molecule has 0 aliphatic heterocycles. The Labute approximate surface area is 354 Å². The smallest absolute Gasteiger partial charge is 0.305 e. The van der Waals surface area contributed by atoms with Crippen LogP contribution < -0.4 is 31.9 Å². The second-order valence-corrected chi connectivity index (χ2v) is 14.8. The average molecular weight is 873 g/mol. The van der Waals surface area contributed by atoms with Crippen molar-refractivity contribution < 1.29 is 71.7 Å². The fourth-order valence-electron chi connectivity index (χ4n) is 5.59. The van der Waals surface area contributed by atoms with Crippen LogP contribution in [-0.2, 0) is 43.2 Å². The second-order valence-electron chi connectivity index (χ2n) is 14.8. The van der Waals surface area contributed by atoms with Gasteiger partial charge in [0.15, 0.2) is 11.6 Å². The third kappa shape index (κ3) is 15.3. The van der Waals surface area contributed by atoms with Gasteiger partial charge in [0.1, 0.15) is 36.3 Å². The van der Waals surface area contributed by atoms with Gasteiger partial charge in [0.05, 0.1) is 12.8 Å². The number of carboxylic acids is 2. The van der Waals surface area contributed by atoms with E-state index in [1.807, 2.05) is 10.6 Å². The zero-order chi connectivity index (χ0) is 47.0. The lowest BCUT2D eigenvalue weighted by molar-refractivity contribution is -0.148. The molecule has 0 bridgehead atoms. The fraction of sp³-hybridized carbons (Fsp3) is 0.439. The van der Waals surface area contributed by atoms with E-state index < -0.39 is 138 Å². The van der Waals surface area contributed by atoms with Gasteiger partial charge < -0.3 is 42.1 Å². The van der Waals surface area contributed by atoms with Crippen LogP contribution in [-0.4, -0.2) is 124 Å². The van der Waals surface area contributed by atoms with E-state index in [-0.39, 0.29) is 11.1 Å². The van der Waals surface area contributed by atoms with Crippen molar-refractivity contribution >= 4 is 64.7 Å². The second kappa shape index (κ2) is 23.8. The van der Waals surface area contributed by atoms with Crippen LogP contribution in [0, 0.1) is 11.8 Å². The summed E-state index contributed by atoms with van der Waals surface area (Å²) in [6, 6.07) is 5.36. The number of hydrogen-bond donors (Lipinski definition) is 8. The number of halogens is 2. The molecule has 19 nitrogen and oxygen atoms in total. The Balaban J connectivity index is 2.15. The van der Waals surface area contributed by atoms with Crippen molar-refractivity contribution in [3.05, 3.63) is 71.8 Å². The van der Waals surface area contributed by atoms with Gasteiger partial charge in [-0.3, -0.25) is 52.7 Å². The Bertz CT molecular complexity index is 1860. The van der Waals surface area contributed by atoms with Gasteiger partial charge in [-0.1, -0.05) is 64.1 Å². The summed E-state index contributed by atoms with van der Waals surface area (Å²) in [6.45, 7) is 8.53. The highest BCUT2D eigenvalue weighted by atomic mass is 19.1. The van der Waals surface area contributed by atoms with Crippen molar-refractivity contribution in [2.75, 3.05) is 0 Å². The minimum Gasteiger partial charge on any atom is -0.481 e. The van der Waals surface area contributed by atoms with Crippen LogP contribution >= 0.6 is 0 Å². The number of aliphatic carboxylic acids is 2. The number of ketones is 3. The molecule has 62 heavy (non-hydrogen) atoms. The highest BCUT2D eigenvalue weighted by molar-refractivity contribution is 6.18. The van der Waals surface area contributed by atoms with E-state index >= 15 is 8.78 Å². The van der Waals surface area contributed by atoms with Crippen molar-refractivity contribution in [1.82, 2.24) is 31.9 Å². The Morgan fingerprint density at radius 2 is 0.758 bits per heavy atom. The molecule has 0 aliphatic rings. The molecule has 2 rings (SSSR count). The largest absolute Gasteiger partial charge is 0.481 e. The van der Waals surface area contributed by atoms with Gasteiger partial charge in [-0.25, -0.2) is 8.78 Å². The summed E-state index contributed by atoms with van der Waals surface area (Å²) in [4.78, 5) is 139. The summed E-state index contributed by atoms with van der Waals surface area (Å²) < 4.78 is 30.8. The number of nitrogens with one attached hydrogen (secondary N) is 6. The highest BCUT2D eigenvalue weighted by Gasteiger charge is 2.44. The first-order valence-electron chi connectivity index (χ1n) is 19.2. The number of carbonyl (C=O) groups excluding carboxylic acids is 9. The predicted molar refractivity (Wildman–Crippen MR) is 213 cm³/mol. The van der Waals surface area contributed by atoms with Gasteiger partial charge in [-0.05, 0) is 49.9 Å². The summed E-state index contributed by atoms with van der Waals surface area (Å²) >= 11 is 0. The van der Waals surface area contributed by atoms with Crippen molar-refractivity contribution in [3.8, 4) is 0 Å². The van der Waals surface area contributed by atoms with Gasteiger partial charge in [0, 0.05) is 11.1 Å². The molecule has 0 heterocycles. The van der Waals surface area contributed by atoms with Gasteiger partial charge in [-0.2, -0.15) is 0 Å². The number of carboxylic acid groups (broad SMARTS) is 2. The van der Waals surface area contributed by atoms with Crippen molar-refractivity contribution in [3.63, 3.8) is 0 Å². The number of amides is 6. The van der Waals surface area contributed by atoms with Crippen LogP contribution in [0.25, 0.3) is 0 Å². The summed E-state index contributed by atoms with van der Waals surface area (Å²) in [5.41, 5.74) is 0.445. The molecule has 0 saturated heterocycles. The number of benzene rings is 2. The number of hydrogen-bond acceptors (Lipinski definition) is 11. The Morgan fingerprint density at radius 1 is 0.452 bits per heavy atom. The fourth-order valence-corrected chi connectivity index (χ4v) is 5.59. The molecule has 336 valence electrons. The first-order chi connectivity index (χ1) is 29.0. The van der Waals surface area contributed by atoms with E-state index in [4.69, 9.17) is 0 Å². The van der Waals surface area contributed by atoms with Crippen LogP contribution in [0.5, 0.6) is 0 Å². The van der Waals surface area contributed by atoms with E-state index in [0.29, 0.717) is 0 Å². The Morgan fingerprint density at radius 3 is 1.03 bits per heavy atom. The van der Waals surface area contributed by atoms with Gasteiger partial charge in [0.25, 0.3) is 11.8 Å². The van der Waals surface area contributed by atoms with Crippen molar-refractivity contribution in [1.29, 1.82) is 0 Å². The lowest BCUT2D eigenvalue weighted by Crippen LogP contribution is -2.58. The van der Waals surface area contributed by atoms with Gasteiger partial charge in [0.2, 0.25) is 41.8 Å². The van der Waals surface area contributed by atoms with E-state index in [9.17, 15) is 63.0 Å². The monoisotopic (exact) mass is 872 g/mol. The third-order valence-corrected chi connectivity index (χ3v) is 9.12. The molecule has 0 saturated carbocycles. The maximum atomic E-state index is 15.4. The summed E-state index contributed by atoms with van der Waals surface area (Å²) in [7, 11) is 0. The SMILES string of the molecule is CC(C)[C@H](NC(=O)c1ccccc1)C(=O)N[C@@H](C)C(=O)N[C@@H](CC(=O)O)C(=O)C(F)C(=O)C(F)C(=O)[C@H](CC(=O)O)NC(=O)[C@H](C)NC(=O)[C@@H](NC(=O)c1ccccc1)C(C)C. The minimum absolute atomic E-state index is 0.223. The topological polar surface area (TPSA) is 300 Å². The van der Waals surface area contributed by atoms with Gasteiger partial charge in [-0.15, -0.1) is 0 Å². The number of alkyl halides is 2. The maximum absolute atomic E-state index is 15.4. The normalized spacial score (nSPS) is 14.9. The molecule has 0 spiro atoms. The molecule has 2 unspecified atom stereocenters. The average Bonchev–Trinajstić information content (AvgIpc) is 3.22. The van der Waals surface area contributed by atoms with Crippen molar-refractivity contribution in [2.45, 2.75) is 103 Å². The van der Waals surface area contributed by atoms with Crippen LogP contribution in [0.4, 0.5) is 8.78 Å². The van der Waals surface area contributed by atoms with Gasteiger partial charge >= 0.3 is 11.9 Å². The number of carbonyl (C=O) groups is 11. The van der Waals surface area contributed by atoms with Crippen molar-refractivity contribution in [2.24, 2.45) is 11.8 Å². The molecule has 8 N–H and O–H groups in total. The van der Waals surface area contributed by atoms with E-state index in [2.05, 4.69) is 21.3 Å². The Hall–Kier alpha value is -6.93. The summed E-state index contributed by atoms with van der Waals surface area (Å²) in [5.74, 6) is -16.7. The minimum atomic E-state index is -3.61. The van der Waals surface area contributed by atoms with Crippen LogP contribution in [0.2, 0.25) is 0 Å². The molecule has 0 aromatic heterocycles. The molecule has 6 amide bonds. The van der Waals surface area contributed by atoms with E-state index in [1.165, 1.54) is 24.3 Å². The quantitative estimate of drug-likeness (QED) is 0.0656. The molecule has 2 aromatic rings. The first-order valence-corrected chi connectivity index (χ1v) is 19.2. The molecular formula is C41H50F2N6O13. The highest BCUT2D eigenvalue weighted by Crippen LogP contribution is 2.14. The maximum Gasteiger partial charge on any atom is 0.305 e. The van der Waals surface area contributed by atoms with Crippen LogP contribution in [0.3, 0.4) is 0 Å². The number of rotatable bonds is 24. The lowest BCUT2D eigenvalue weighted by Gasteiger charge is -2.25. The molecule has 8 atom stereocenters. The summed E-state index contributed by atoms with van der Waals surface area (Å²) in [5, 5.41) is 32.0. The zero-order valence-electron chi connectivity index (χ0n) is 34.6. The molecule has 21 heteroatoms. The van der Waals surface area contributed by atoms with E-state index in [1.54, 1.807) is 64.1 Å². The number of Topliss-reactive ketones (excluding diaryl/α,β-unsaturated/α-hetero) is 3. The molecule has 0 radical (unpaired) electrons. The molecular weight excluding hydrogens is 822 g/mol. The molecule has 0 fully saturated rings. The molecule has 2 aromatic carbocycles. The lowest BCUT2D eigenvalue weighted by atomic mass is 9.95. The summed E-state index contributed by atoms with van der Waals surface area (Å²) in [6.07, 6.45) is -9.94. The van der Waals surface area contributed by atoms with Crippen LogP contribution in [0.1, 0.15) is 75.1 Å². The third-order valence-electron chi connectivity index (χ3n) is 9.12. The standard InChI is InChI=1S/C41H50F2N6O13/c1-19(2)31(48-38(59)23-13-9-7-10-14-23)40(61)44-21(5)36(57)46-25(17-27(50)51)33(54)29(42)35(56)30(43)34(55)26(18-28(52)53)47-37(58)22(6)45-41(62)32(20(3)4)49-39(60)24-15-11-8-12-16-24/h7-16,19-22,25-26,29-32H,17-18H2,1-6H3,(H,44,61)(H,45,62)(H,46,57)(H,47,58)(H,48,59)(H,49,60)(H,50,51)(H,52,53)/t21-,22-,25-,26-,29?,30?,31-,32-/m0/s1. The Kier molecular flexibility index (Phi) is 19.6. The molecule has 0 aliphatic carbocycles.